The second-order valence-electron chi connectivity index (χ2n) is 6.65. The summed E-state index contributed by atoms with van der Waals surface area (Å²) in [5.41, 5.74) is 2.75. The molecule has 2 saturated heterocycles. The molecular formula is C18H26N2O. The Morgan fingerprint density at radius 1 is 1.05 bits per heavy atom. The van der Waals surface area contributed by atoms with Gasteiger partial charge in [-0.2, -0.15) is 0 Å². The van der Waals surface area contributed by atoms with E-state index in [1.54, 1.807) is 0 Å². The van der Waals surface area contributed by atoms with Gasteiger partial charge in [0.2, 0.25) is 5.91 Å². The number of piperidine rings is 1. The van der Waals surface area contributed by atoms with Gasteiger partial charge in [-0.05, 0) is 57.7 Å². The average Bonchev–Trinajstić information content (AvgIpc) is 2.94. The van der Waals surface area contributed by atoms with Gasteiger partial charge in [-0.25, -0.2) is 0 Å². The van der Waals surface area contributed by atoms with Gasteiger partial charge < -0.3 is 4.90 Å². The summed E-state index contributed by atoms with van der Waals surface area (Å²) in [4.78, 5) is 16.9. The number of hydrogen-bond donors (Lipinski definition) is 0. The van der Waals surface area contributed by atoms with Crippen LogP contribution in [0.2, 0.25) is 0 Å². The topological polar surface area (TPSA) is 23.6 Å². The third kappa shape index (κ3) is 3.13. The first kappa shape index (κ1) is 14.6. The number of likely N-dealkylation sites (tertiary alicyclic amines) is 2. The lowest BCUT2D eigenvalue weighted by molar-refractivity contribution is -0.136. The van der Waals surface area contributed by atoms with Crippen molar-refractivity contribution in [1.82, 2.24) is 9.80 Å². The van der Waals surface area contributed by atoms with Crippen molar-refractivity contribution in [1.29, 1.82) is 0 Å². The van der Waals surface area contributed by atoms with Crippen LogP contribution in [0.3, 0.4) is 0 Å². The highest BCUT2D eigenvalue weighted by Crippen LogP contribution is 2.29. The molecule has 0 spiro atoms. The molecule has 1 atom stereocenters. The maximum Gasteiger partial charge on any atom is 0.239 e. The Labute approximate surface area is 127 Å². The van der Waals surface area contributed by atoms with E-state index in [9.17, 15) is 4.79 Å². The van der Waals surface area contributed by atoms with Crippen molar-refractivity contribution in [3.63, 3.8) is 0 Å². The van der Waals surface area contributed by atoms with Gasteiger partial charge in [0.05, 0.1) is 6.04 Å². The molecular weight excluding hydrogens is 260 g/mol. The summed E-state index contributed by atoms with van der Waals surface area (Å²) in [5.74, 6) is 0.980. The molecule has 3 heteroatoms. The van der Waals surface area contributed by atoms with Crippen molar-refractivity contribution in [3.8, 4) is 0 Å². The van der Waals surface area contributed by atoms with Gasteiger partial charge in [0, 0.05) is 13.1 Å². The summed E-state index contributed by atoms with van der Waals surface area (Å²) in [7, 11) is 2.08. The third-order valence-electron chi connectivity index (χ3n) is 5.16. The van der Waals surface area contributed by atoms with Gasteiger partial charge in [0.15, 0.2) is 0 Å². The molecule has 2 heterocycles. The van der Waals surface area contributed by atoms with E-state index in [0.717, 1.165) is 45.3 Å². The van der Waals surface area contributed by atoms with Gasteiger partial charge in [-0.15, -0.1) is 0 Å². The van der Waals surface area contributed by atoms with Gasteiger partial charge >= 0.3 is 0 Å². The molecule has 114 valence electrons. The van der Waals surface area contributed by atoms with Crippen LogP contribution in [-0.2, 0) is 4.79 Å². The van der Waals surface area contributed by atoms with E-state index < -0.39 is 0 Å². The number of hydrogen-bond acceptors (Lipinski definition) is 2. The number of carbonyl (C=O) groups is 1. The largest absolute Gasteiger partial charge is 0.341 e. The lowest BCUT2D eigenvalue weighted by Crippen LogP contribution is -2.47. The Morgan fingerprint density at radius 2 is 1.71 bits per heavy atom. The van der Waals surface area contributed by atoms with E-state index in [4.69, 9.17) is 0 Å². The lowest BCUT2D eigenvalue weighted by Gasteiger charge is -2.35. The first-order valence-corrected chi connectivity index (χ1v) is 8.21. The maximum atomic E-state index is 12.6. The van der Waals surface area contributed by atoms with Crippen LogP contribution >= 0.6 is 0 Å². The normalized spacial score (nSPS) is 24.5. The highest BCUT2D eigenvalue weighted by molar-refractivity contribution is 5.82. The molecule has 1 amide bonds. The summed E-state index contributed by atoms with van der Waals surface area (Å²) in [5, 5.41) is 0. The molecule has 3 rings (SSSR count). The predicted octanol–water partition coefficient (Wildman–Crippen LogP) is 2.80. The second-order valence-corrected chi connectivity index (χ2v) is 6.65. The van der Waals surface area contributed by atoms with Gasteiger partial charge in [0.1, 0.15) is 0 Å². The highest BCUT2D eigenvalue weighted by Gasteiger charge is 2.33. The standard InChI is InChI=1S/C18H26N2O/c1-14-5-7-15(8-6-14)16-9-12-20(13-10-16)18(21)17-4-3-11-19(17)2/h5-8,16-17H,3-4,9-13H2,1-2H3. The van der Waals surface area contributed by atoms with Crippen LogP contribution in [-0.4, -0.2) is 48.4 Å². The van der Waals surface area contributed by atoms with Crippen molar-refractivity contribution in [2.75, 3.05) is 26.7 Å². The Morgan fingerprint density at radius 3 is 2.29 bits per heavy atom. The summed E-state index contributed by atoms with van der Waals surface area (Å²) >= 11 is 0. The Balaban J connectivity index is 1.57. The van der Waals surface area contributed by atoms with E-state index in [1.807, 2.05) is 0 Å². The first-order valence-electron chi connectivity index (χ1n) is 8.21. The molecule has 21 heavy (non-hydrogen) atoms. The molecule has 0 bridgehead atoms. The first-order chi connectivity index (χ1) is 10.1. The zero-order valence-corrected chi connectivity index (χ0v) is 13.2. The van der Waals surface area contributed by atoms with Crippen LogP contribution in [0.5, 0.6) is 0 Å². The fourth-order valence-electron chi connectivity index (χ4n) is 3.70. The predicted molar refractivity (Wildman–Crippen MR) is 85.4 cm³/mol. The molecule has 1 unspecified atom stereocenters. The Kier molecular flexibility index (Phi) is 4.29. The minimum atomic E-state index is 0.140. The third-order valence-corrected chi connectivity index (χ3v) is 5.16. The summed E-state index contributed by atoms with van der Waals surface area (Å²) < 4.78 is 0. The minimum absolute atomic E-state index is 0.140. The second kappa shape index (κ2) is 6.18. The van der Waals surface area contributed by atoms with Crippen LogP contribution in [0.15, 0.2) is 24.3 Å². The number of carbonyl (C=O) groups excluding carboxylic acids is 1. The number of nitrogens with zero attached hydrogens (tertiary/aromatic N) is 2. The smallest absolute Gasteiger partial charge is 0.239 e. The molecule has 3 nitrogen and oxygen atoms in total. The minimum Gasteiger partial charge on any atom is -0.341 e. The van der Waals surface area contributed by atoms with E-state index in [-0.39, 0.29) is 6.04 Å². The van der Waals surface area contributed by atoms with Crippen molar-refractivity contribution in [2.24, 2.45) is 0 Å². The van der Waals surface area contributed by atoms with E-state index >= 15 is 0 Å². The molecule has 2 aliphatic rings. The number of benzene rings is 1. The van der Waals surface area contributed by atoms with Gasteiger partial charge in [-0.3, -0.25) is 9.69 Å². The number of amides is 1. The maximum absolute atomic E-state index is 12.6. The van der Waals surface area contributed by atoms with Crippen LogP contribution in [0.25, 0.3) is 0 Å². The number of aryl methyl sites for hydroxylation is 1. The van der Waals surface area contributed by atoms with Gasteiger partial charge in [0.25, 0.3) is 0 Å². The van der Waals surface area contributed by atoms with Crippen LogP contribution in [0.4, 0.5) is 0 Å². The zero-order valence-electron chi connectivity index (χ0n) is 13.2. The van der Waals surface area contributed by atoms with E-state index in [2.05, 4.69) is 48.0 Å². The monoisotopic (exact) mass is 286 g/mol. The fraction of sp³-hybridized carbons (Fsp3) is 0.611. The summed E-state index contributed by atoms with van der Waals surface area (Å²) in [6.45, 7) is 5.03. The van der Waals surface area contributed by atoms with Crippen molar-refractivity contribution in [3.05, 3.63) is 35.4 Å². The molecule has 0 aliphatic carbocycles. The Bertz CT molecular complexity index is 488. The number of likely N-dealkylation sites (N-methyl/N-ethyl adjacent to an activating group) is 1. The van der Waals surface area contributed by atoms with E-state index in [1.165, 1.54) is 11.1 Å². The average molecular weight is 286 g/mol. The molecule has 2 fully saturated rings. The molecule has 0 N–H and O–H groups in total. The molecule has 0 radical (unpaired) electrons. The van der Waals surface area contributed by atoms with E-state index in [0.29, 0.717) is 11.8 Å². The highest BCUT2D eigenvalue weighted by atomic mass is 16.2. The number of rotatable bonds is 2. The van der Waals surface area contributed by atoms with Gasteiger partial charge in [-0.1, -0.05) is 29.8 Å². The van der Waals surface area contributed by atoms with Crippen molar-refractivity contribution >= 4 is 5.91 Å². The summed E-state index contributed by atoms with van der Waals surface area (Å²) in [6, 6.07) is 9.03. The zero-order chi connectivity index (χ0) is 14.8. The van der Waals surface area contributed by atoms with Crippen LogP contribution < -0.4 is 0 Å². The SMILES string of the molecule is Cc1ccc(C2CCN(C(=O)C3CCCN3C)CC2)cc1. The molecule has 1 aromatic rings. The molecule has 1 aromatic carbocycles. The fourth-order valence-corrected chi connectivity index (χ4v) is 3.70. The molecule has 0 aromatic heterocycles. The van der Waals surface area contributed by atoms with Crippen LogP contribution in [0, 0.1) is 6.92 Å². The summed E-state index contributed by atoms with van der Waals surface area (Å²) in [6.07, 6.45) is 4.40. The van der Waals surface area contributed by atoms with Crippen LogP contribution in [0.1, 0.15) is 42.7 Å². The lowest BCUT2D eigenvalue weighted by atomic mass is 9.89. The Hall–Kier alpha value is -1.35. The molecule has 0 saturated carbocycles. The quantitative estimate of drug-likeness (QED) is 0.834. The van der Waals surface area contributed by atoms with Crippen molar-refractivity contribution < 1.29 is 4.79 Å². The molecule has 2 aliphatic heterocycles. The van der Waals surface area contributed by atoms with Crippen molar-refractivity contribution in [2.45, 2.75) is 44.6 Å².